The summed E-state index contributed by atoms with van der Waals surface area (Å²) in [6.45, 7) is 5.55. The fourth-order valence-electron chi connectivity index (χ4n) is 1.43. The van der Waals surface area contributed by atoms with Crippen LogP contribution in [0.25, 0.3) is 0 Å². The zero-order valence-corrected chi connectivity index (χ0v) is 11.7. The second-order valence-electron chi connectivity index (χ2n) is 4.97. The number of carboxylic acid groups (broad SMARTS) is 1. The molecule has 1 aromatic heterocycles. The minimum absolute atomic E-state index is 0.0568. The van der Waals surface area contributed by atoms with Gasteiger partial charge in [0.15, 0.2) is 0 Å². The van der Waals surface area contributed by atoms with E-state index < -0.39 is 11.4 Å². The zero-order valence-electron chi connectivity index (χ0n) is 10.9. The van der Waals surface area contributed by atoms with Gasteiger partial charge >= 0.3 is 5.97 Å². The SMILES string of the molecule is CC(C(=O)NCCC(C)(C)C(=O)O)c1cccs1. The van der Waals surface area contributed by atoms with E-state index in [1.54, 1.807) is 25.2 Å². The molecule has 1 aromatic rings. The molecule has 1 unspecified atom stereocenters. The molecule has 1 amide bonds. The standard InChI is InChI=1S/C13H19NO3S/c1-9(10-5-4-8-18-10)11(15)14-7-6-13(2,3)12(16)17/h4-5,8-9H,6-7H2,1-3H3,(H,14,15)(H,16,17). The van der Waals surface area contributed by atoms with Gasteiger partial charge in [0.2, 0.25) is 5.91 Å². The number of thiophene rings is 1. The molecule has 4 nitrogen and oxygen atoms in total. The number of amides is 1. The molecular formula is C13H19NO3S. The lowest BCUT2D eigenvalue weighted by molar-refractivity contribution is -0.147. The van der Waals surface area contributed by atoms with Crippen LogP contribution in [0.3, 0.4) is 0 Å². The smallest absolute Gasteiger partial charge is 0.309 e. The maximum absolute atomic E-state index is 11.8. The molecule has 18 heavy (non-hydrogen) atoms. The van der Waals surface area contributed by atoms with E-state index in [1.165, 1.54) is 0 Å². The van der Waals surface area contributed by atoms with Crippen molar-refractivity contribution in [1.82, 2.24) is 5.32 Å². The average Bonchev–Trinajstić information content (AvgIpc) is 2.80. The van der Waals surface area contributed by atoms with Gasteiger partial charge in [0.05, 0.1) is 11.3 Å². The summed E-state index contributed by atoms with van der Waals surface area (Å²) in [6, 6.07) is 3.84. The van der Waals surface area contributed by atoms with E-state index in [0.29, 0.717) is 13.0 Å². The minimum atomic E-state index is -0.844. The fraction of sp³-hybridized carbons (Fsp3) is 0.538. The van der Waals surface area contributed by atoms with Crippen LogP contribution in [0, 0.1) is 5.41 Å². The van der Waals surface area contributed by atoms with E-state index in [4.69, 9.17) is 5.11 Å². The predicted molar refractivity (Wildman–Crippen MR) is 71.8 cm³/mol. The van der Waals surface area contributed by atoms with Crippen molar-refractivity contribution in [3.8, 4) is 0 Å². The van der Waals surface area contributed by atoms with Crippen LogP contribution in [0.1, 0.15) is 38.0 Å². The van der Waals surface area contributed by atoms with Crippen LogP contribution in [0.4, 0.5) is 0 Å². The third-order valence-electron chi connectivity index (χ3n) is 2.99. The summed E-state index contributed by atoms with van der Waals surface area (Å²) in [7, 11) is 0. The highest BCUT2D eigenvalue weighted by atomic mass is 32.1. The lowest BCUT2D eigenvalue weighted by atomic mass is 9.89. The molecule has 2 N–H and O–H groups in total. The Morgan fingerprint density at radius 1 is 1.50 bits per heavy atom. The first-order chi connectivity index (χ1) is 8.34. The Labute approximate surface area is 111 Å². The number of carbonyl (C=O) groups is 2. The molecule has 0 aliphatic heterocycles. The molecule has 0 aliphatic rings. The quantitative estimate of drug-likeness (QED) is 0.833. The van der Waals surface area contributed by atoms with Gasteiger partial charge in [-0.15, -0.1) is 11.3 Å². The van der Waals surface area contributed by atoms with Gasteiger partial charge < -0.3 is 10.4 Å². The molecule has 0 aliphatic carbocycles. The van der Waals surface area contributed by atoms with Gasteiger partial charge in [-0.05, 0) is 38.6 Å². The number of carbonyl (C=O) groups excluding carboxylic acids is 1. The first kappa shape index (κ1) is 14.7. The van der Waals surface area contributed by atoms with Crippen LogP contribution in [-0.4, -0.2) is 23.5 Å². The van der Waals surface area contributed by atoms with Crippen LogP contribution < -0.4 is 5.32 Å². The Bertz CT molecular complexity index is 412. The van der Waals surface area contributed by atoms with Crippen molar-refractivity contribution in [3.05, 3.63) is 22.4 Å². The summed E-state index contributed by atoms with van der Waals surface area (Å²) < 4.78 is 0. The maximum atomic E-state index is 11.8. The van der Waals surface area contributed by atoms with Crippen molar-refractivity contribution in [2.45, 2.75) is 33.1 Å². The van der Waals surface area contributed by atoms with Gasteiger partial charge in [-0.3, -0.25) is 9.59 Å². The third-order valence-corrected chi connectivity index (χ3v) is 4.05. The van der Waals surface area contributed by atoms with Crippen LogP contribution in [0.15, 0.2) is 17.5 Å². The molecule has 1 heterocycles. The molecule has 1 rings (SSSR count). The van der Waals surface area contributed by atoms with Crippen LogP contribution in [0.5, 0.6) is 0 Å². The summed E-state index contributed by atoms with van der Waals surface area (Å²) in [4.78, 5) is 23.8. The Kier molecular flexibility index (Phi) is 4.90. The third kappa shape index (κ3) is 3.84. The Hall–Kier alpha value is -1.36. The highest BCUT2D eigenvalue weighted by Crippen LogP contribution is 2.22. The van der Waals surface area contributed by atoms with Gasteiger partial charge in [-0.2, -0.15) is 0 Å². The van der Waals surface area contributed by atoms with Gasteiger partial charge in [-0.25, -0.2) is 0 Å². The van der Waals surface area contributed by atoms with E-state index in [0.717, 1.165) is 4.88 Å². The fourth-order valence-corrected chi connectivity index (χ4v) is 2.21. The summed E-state index contributed by atoms with van der Waals surface area (Å²) in [5.74, 6) is -1.08. The second kappa shape index (κ2) is 6.00. The van der Waals surface area contributed by atoms with E-state index in [9.17, 15) is 9.59 Å². The molecule has 0 radical (unpaired) electrons. The van der Waals surface area contributed by atoms with Crippen molar-refractivity contribution in [1.29, 1.82) is 0 Å². The Morgan fingerprint density at radius 3 is 2.67 bits per heavy atom. The number of carboxylic acids is 1. The largest absolute Gasteiger partial charge is 0.481 e. The molecule has 1 atom stereocenters. The van der Waals surface area contributed by atoms with Crippen molar-refractivity contribution < 1.29 is 14.7 Å². The number of hydrogen-bond donors (Lipinski definition) is 2. The highest BCUT2D eigenvalue weighted by Gasteiger charge is 2.27. The number of nitrogens with one attached hydrogen (secondary N) is 1. The van der Waals surface area contributed by atoms with Crippen LogP contribution >= 0.6 is 11.3 Å². The highest BCUT2D eigenvalue weighted by molar-refractivity contribution is 7.10. The van der Waals surface area contributed by atoms with Crippen molar-refractivity contribution in [3.63, 3.8) is 0 Å². The van der Waals surface area contributed by atoms with Crippen molar-refractivity contribution in [2.75, 3.05) is 6.54 Å². The van der Waals surface area contributed by atoms with Gasteiger partial charge in [0, 0.05) is 11.4 Å². The van der Waals surface area contributed by atoms with Gasteiger partial charge in [0.1, 0.15) is 0 Å². The van der Waals surface area contributed by atoms with E-state index in [1.807, 2.05) is 24.4 Å². The van der Waals surface area contributed by atoms with Crippen LogP contribution in [0.2, 0.25) is 0 Å². The van der Waals surface area contributed by atoms with Gasteiger partial charge in [-0.1, -0.05) is 6.07 Å². The molecule has 0 fully saturated rings. The van der Waals surface area contributed by atoms with Crippen LogP contribution in [-0.2, 0) is 9.59 Å². The molecule has 0 aromatic carbocycles. The van der Waals surface area contributed by atoms with Crippen molar-refractivity contribution >= 4 is 23.2 Å². The summed E-state index contributed by atoms with van der Waals surface area (Å²) in [5, 5.41) is 13.7. The van der Waals surface area contributed by atoms with E-state index in [-0.39, 0.29) is 11.8 Å². The molecule has 0 saturated carbocycles. The normalized spacial score (nSPS) is 13.1. The number of rotatable bonds is 6. The molecular weight excluding hydrogens is 250 g/mol. The zero-order chi connectivity index (χ0) is 13.8. The molecule has 0 bridgehead atoms. The molecule has 5 heteroatoms. The van der Waals surface area contributed by atoms with Crippen molar-refractivity contribution in [2.24, 2.45) is 5.41 Å². The Balaban J connectivity index is 2.41. The maximum Gasteiger partial charge on any atom is 0.309 e. The summed E-state index contributed by atoms with van der Waals surface area (Å²) >= 11 is 1.55. The summed E-state index contributed by atoms with van der Waals surface area (Å²) in [5.41, 5.74) is -0.806. The lowest BCUT2D eigenvalue weighted by Gasteiger charge is -2.19. The van der Waals surface area contributed by atoms with E-state index >= 15 is 0 Å². The average molecular weight is 269 g/mol. The van der Waals surface area contributed by atoms with Gasteiger partial charge in [0.25, 0.3) is 0 Å². The topological polar surface area (TPSA) is 66.4 Å². The lowest BCUT2D eigenvalue weighted by Crippen LogP contribution is -2.33. The van der Waals surface area contributed by atoms with E-state index in [2.05, 4.69) is 5.32 Å². The first-order valence-corrected chi connectivity index (χ1v) is 6.77. The monoisotopic (exact) mass is 269 g/mol. The number of aliphatic carboxylic acids is 1. The second-order valence-corrected chi connectivity index (χ2v) is 5.95. The predicted octanol–water partition coefficient (Wildman–Crippen LogP) is 2.47. The Morgan fingerprint density at radius 2 is 2.17 bits per heavy atom. The first-order valence-electron chi connectivity index (χ1n) is 5.89. The molecule has 0 spiro atoms. The summed E-state index contributed by atoms with van der Waals surface area (Å²) in [6.07, 6.45) is 0.422. The molecule has 0 saturated heterocycles. The number of hydrogen-bond acceptors (Lipinski definition) is 3. The minimum Gasteiger partial charge on any atom is -0.481 e. The molecule has 100 valence electrons.